The lowest BCUT2D eigenvalue weighted by Crippen LogP contribution is -2.34. The van der Waals surface area contributed by atoms with Crippen LogP contribution in [0.5, 0.6) is 0 Å². The molecule has 0 aliphatic rings. The Bertz CT molecular complexity index is 946. The summed E-state index contributed by atoms with van der Waals surface area (Å²) in [7, 11) is 0. The van der Waals surface area contributed by atoms with Crippen LogP contribution < -0.4 is 10.6 Å². The van der Waals surface area contributed by atoms with Crippen molar-refractivity contribution < 1.29 is 18.5 Å². The zero-order valence-corrected chi connectivity index (χ0v) is 16.8. The Morgan fingerprint density at radius 1 is 1.22 bits per heavy atom. The first kappa shape index (κ1) is 19.1. The molecule has 0 bridgehead atoms. The minimum absolute atomic E-state index is 0.140. The molecule has 3 heterocycles. The fraction of sp³-hybridized carbons (Fsp3) is 0.312. The predicted octanol–water partition coefficient (Wildman–Crippen LogP) is 1.29. The first-order chi connectivity index (χ1) is 13.0. The quantitative estimate of drug-likeness (QED) is 0.382. The fourth-order valence-corrected chi connectivity index (χ4v) is 2.68. The Morgan fingerprint density at radius 2 is 1.96 bits per heavy atom. The molecule has 0 aliphatic carbocycles. The second kappa shape index (κ2) is 8.33. The van der Waals surface area contributed by atoms with Gasteiger partial charge in [-0.25, -0.2) is 0 Å². The number of halogens is 1. The van der Waals surface area contributed by atoms with Crippen molar-refractivity contribution in [2.45, 2.75) is 20.4 Å². The number of nitrogens with zero attached hydrogens (tertiary/aromatic N) is 4. The molecule has 0 aromatic carbocycles. The number of carbonyl (C=O) groups is 2. The van der Waals surface area contributed by atoms with E-state index in [0.717, 1.165) is 15.0 Å². The summed E-state index contributed by atoms with van der Waals surface area (Å²) in [5.41, 5.74) is 1.92. The number of hydrogen-bond acceptors (Lipinski definition) is 7. The third-order valence-corrected chi connectivity index (χ3v) is 5.25. The van der Waals surface area contributed by atoms with Crippen molar-refractivity contribution in [3.63, 3.8) is 0 Å². The first-order valence-corrected chi connectivity index (χ1v) is 9.15. The molecule has 27 heavy (non-hydrogen) atoms. The third-order valence-electron chi connectivity index (χ3n) is 3.69. The average Bonchev–Trinajstić information content (AvgIpc) is 3.38. The zero-order chi connectivity index (χ0) is 19.4. The topological polar surface area (TPSA) is 128 Å². The van der Waals surface area contributed by atoms with Gasteiger partial charge >= 0.3 is 11.8 Å². The molecule has 0 spiro atoms. The van der Waals surface area contributed by atoms with Gasteiger partial charge in [0, 0.05) is 18.8 Å². The molecule has 3 rings (SSSR count). The van der Waals surface area contributed by atoms with Gasteiger partial charge in [0.1, 0.15) is 6.54 Å². The largest absolute Gasteiger partial charge is 0.459 e. The van der Waals surface area contributed by atoms with Gasteiger partial charge in [0.2, 0.25) is 0 Å². The summed E-state index contributed by atoms with van der Waals surface area (Å²) in [5.74, 6) is -0.439. The standard InChI is InChI=1S/C16H17IN6O4/c1-9-13(17)10(2)23(21-9)8-12-20-16(27-22-12)15(25)19-6-5-18-14(24)11-4-3-7-26-11/h3-4,7H,5-6,8H2,1-2H3,(H,18,24)(H,19,25). The number of amides is 2. The van der Waals surface area contributed by atoms with Crippen LogP contribution in [0.4, 0.5) is 0 Å². The Balaban J connectivity index is 1.48. The minimum Gasteiger partial charge on any atom is -0.459 e. The lowest BCUT2D eigenvalue weighted by atomic mass is 10.4. The molecule has 0 fully saturated rings. The molecule has 0 radical (unpaired) electrons. The van der Waals surface area contributed by atoms with E-state index in [1.807, 2.05) is 13.8 Å². The minimum atomic E-state index is -0.510. The smallest absolute Gasteiger partial charge is 0.316 e. The van der Waals surface area contributed by atoms with E-state index in [0.29, 0.717) is 12.4 Å². The van der Waals surface area contributed by atoms with Gasteiger partial charge in [0.15, 0.2) is 11.6 Å². The highest BCUT2D eigenvalue weighted by Crippen LogP contribution is 2.15. The van der Waals surface area contributed by atoms with Crippen LogP contribution >= 0.6 is 22.6 Å². The van der Waals surface area contributed by atoms with E-state index in [-0.39, 0.29) is 30.6 Å². The van der Waals surface area contributed by atoms with E-state index in [1.165, 1.54) is 6.26 Å². The van der Waals surface area contributed by atoms with Crippen molar-refractivity contribution in [3.8, 4) is 0 Å². The highest BCUT2D eigenvalue weighted by Gasteiger charge is 2.17. The second-order valence-corrected chi connectivity index (χ2v) is 6.73. The molecule has 10 nitrogen and oxygen atoms in total. The Kier molecular flexibility index (Phi) is 5.88. The highest BCUT2D eigenvalue weighted by molar-refractivity contribution is 14.1. The number of hydrogen-bond donors (Lipinski definition) is 2. The van der Waals surface area contributed by atoms with E-state index in [1.54, 1.807) is 16.8 Å². The summed E-state index contributed by atoms with van der Waals surface area (Å²) in [6.07, 6.45) is 1.41. The van der Waals surface area contributed by atoms with Gasteiger partial charge in [-0.05, 0) is 48.6 Å². The molecule has 0 saturated heterocycles. The summed E-state index contributed by atoms with van der Waals surface area (Å²) >= 11 is 2.23. The van der Waals surface area contributed by atoms with E-state index in [2.05, 4.69) is 48.5 Å². The molecule has 0 atom stereocenters. The van der Waals surface area contributed by atoms with Gasteiger partial charge in [0.05, 0.1) is 15.5 Å². The summed E-state index contributed by atoms with van der Waals surface area (Å²) < 4.78 is 12.8. The van der Waals surface area contributed by atoms with Gasteiger partial charge in [-0.3, -0.25) is 14.3 Å². The number of nitrogens with one attached hydrogen (secondary N) is 2. The number of furan rings is 1. The summed E-state index contributed by atoms with van der Waals surface area (Å²) in [6, 6.07) is 3.18. The average molecular weight is 484 g/mol. The van der Waals surface area contributed by atoms with E-state index in [4.69, 9.17) is 8.94 Å². The fourth-order valence-electron chi connectivity index (χ4n) is 2.30. The molecule has 0 aliphatic heterocycles. The van der Waals surface area contributed by atoms with Crippen LogP contribution in [0.25, 0.3) is 0 Å². The molecule has 3 aromatic heterocycles. The van der Waals surface area contributed by atoms with Gasteiger partial charge in [-0.1, -0.05) is 5.16 Å². The molecule has 3 aromatic rings. The molecule has 0 unspecified atom stereocenters. The van der Waals surface area contributed by atoms with Crippen molar-refractivity contribution in [3.05, 3.63) is 50.8 Å². The molecule has 2 amide bonds. The summed E-state index contributed by atoms with van der Waals surface area (Å²) in [6.45, 7) is 4.62. The van der Waals surface area contributed by atoms with Crippen molar-refractivity contribution in [2.24, 2.45) is 0 Å². The van der Waals surface area contributed by atoms with E-state index in [9.17, 15) is 9.59 Å². The lowest BCUT2D eigenvalue weighted by molar-refractivity contribution is 0.0891. The van der Waals surface area contributed by atoms with Crippen LogP contribution in [0.15, 0.2) is 27.3 Å². The highest BCUT2D eigenvalue weighted by atomic mass is 127. The van der Waals surface area contributed by atoms with Crippen LogP contribution in [0, 0.1) is 17.4 Å². The molecular formula is C16H17IN6O4. The van der Waals surface area contributed by atoms with Gasteiger partial charge in [-0.2, -0.15) is 10.1 Å². The Hall–Kier alpha value is -2.70. The van der Waals surface area contributed by atoms with E-state index < -0.39 is 5.91 Å². The van der Waals surface area contributed by atoms with Crippen LogP contribution in [0.3, 0.4) is 0 Å². The number of aromatic nitrogens is 4. The van der Waals surface area contributed by atoms with Crippen LogP contribution in [-0.4, -0.2) is 44.8 Å². The SMILES string of the molecule is Cc1nn(Cc2noc(C(=O)NCCNC(=O)c3ccco3)n2)c(C)c1I. The molecule has 142 valence electrons. The molecule has 0 saturated carbocycles. The van der Waals surface area contributed by atoms with Gasteiger partial charge in [0.25, 0.3) is 5.91 Å². The van der Waals surface area contributed by atoms with Crippen LogP contribution in [0.1, 0.15) is 38.5 Å². The van der Waals surface area contributed by atoms with Crippen molar-refractivity contribution >= 4 is 34.4 Å². The third kappa shape index (κ3) is 4.53. The van der Waals surface area contributed by atoms with Crippen molar-refractivity contribution in [2.75, 3.05) is 13.1 Å². The normalized spacial score (nSPS) is 10.8. The van der Waals surface area contributed by atoms with Gasteiger partial charge < -0.3 is 19.6 Å². The van der Waals surface area contributed by atoms with E-state index >= 15 is 0 Å². The number of carbonyl (C=O) groups excluding carboxylic acids is 2. The Morgan fingerprint density at radius 3 is 2.59 bits per heavy atom. The number of aryl methyl sites for hydroxylation is 1. The summed E-state index contributed by atoms with van der Waals surface area (Å²) in [5, 5.41) is 13.4. The van der Waals surface area contributed by atoms with Crippen molar-refractivity contribution in [1.82, 2.24) is 30.6 Å². The lowest BCUT2D eigenvalue weighted by Gasteiger charge is -2.03. The van der Waals surface area contributed by atoms with Crippen LogP contribution in [-0.2, 0) is 6.54 Å². The van der Waals surface area contributed by atoms with Gasteiger partial charge in [-0.15, -0.1) is 0 Å². The zero-order valence-electron chi connectivity index (χ0n) is 14.7. The maximum absolute atomic E-state index is 12.0. The molecule has 11 heteroatoms. The summed E-state index contributed by atoms with van der Waals surface area (Å²) in [4.78, 5) is 27.8. The molecule has 2 N–H and O–H groups in total. The monoisotopic (exact) mass is 484 g/mol. The predicted molar refractivity (Wildman–Crippen MR) is 101 cm³/mol. The van der Waals surface area contributed by atoms with Crippen molar-refractivity contribution in [1.29, 1.82) is 0 Å². The first-order valence-electron chi connectivity index (χ1n) is 8.07. The maximum Gasteiger partial charge on any atom is 0.316 e. The maximum atomic E-state index is 12.0. The second-order valence-electron chi connectivity index (χ2n) is 5.65. The number of rotatable bonds is 7. The Labute approximate surface area is 167 Å². The van der Waals surface area contributed by atoms with Crippen LogP contribution in [0.2, 0.25) is 0 Å². The molecular weight excluding hydrogens is 467 g/mol.